The van der Waals surface area contributed by atoms with Gasteiger partial charge in [0.15, 0.2) is 5.60 Å². The zero-order valence-corrected chi connectivity index (χ0v) is 23.9. The Balaban J connectivity index is 1.69. The molecule has 0 bridgehead atoms. The SMILES string of the molecule is COc1nc2ccc(C(O)(c3ccc(C)nc3C)c3cnc(C)n3C)cc2c(Cl)c1Cc1ccc(C(F)(F)F)cc1. The van der Waals surface area contributed by atoms with E-state index in [4.69, 9.17) is 16.3 Å². The lowest BCUT2D eigenvalue weighted by atomic mass is 9.82. The Morgan fingerprint density at radius 3 is 2.22 bits per heavy atom. The van der Waals surface area contributed by atoms with Crippen LogP contribution in [-0.2, 0) is 25.2 Å². The zero-order valence-electron chi connectivity index (χ0n) is 23.1. The summed E-state index contributed by atoms with van der Waals surface area (Å²) in [5.74, 6) is 0.992. The highest BCUT2D eigenvalue weighted by atomic mass is 35.5. The lowest BCUT2D eigenvalue weighted by Gasteiger charge is -2.31. The van der Waals surface area contributed by atoms with Crippen LogP contribution in [0.1, 0.15) is 50.7 Å². The summed E-state index contributed by atoms with van der Waals surface area (Å²) in [6.45, 7) is 5.58. The van der Waals surface area contributed by atoms with Gasteiger partial charge in [-0.05, 0) is 62.2 Å². The van der Waals surface area contributed by atoms with E-state index in [0.29, 0.717) is 49.6 Å². The third kappa shape index (κ3) is 5.04. The van der Waals surface area contributed by atoms with Gasteiger partial charge in [0.1, 0.15) is 5.82 Å². The van der Waals surface area contributed by atoms with Gasteiger partial charge in [-0.2, -0.15) is 13.2 Å². The Labute approximate surface area is 240 Å². The number of aliphatic hydroxyl groups is 1. The Morgan fingerprint density at radius 1 is 0.951 bits per heavy atom. The quantitative estimate of drug-likeness (QED) is 0.238. The van der Waals surface area contributed by atoms with E-state index >= 15 is 0 Å². The number of fused-ring (bicyclic) bond motifs is 1. The van der Waals surface area contributed by atoms with Crippen LogP contribution in [0.2, 0.25) is 5.02 Å². The standard InChI is InChI=1S/C31H28ClF3N4O2/c1-17-6-12-25(18(2)37-17)30(40,27-16-36-19(3)39(27)4)22-11-13-26-23(15-22)28(32)24(29(38-26)41-5)14-20-7-9-21(10-8-20)31(33,34)35/h6-13,15-16,40H,14H2,1-5H3. The van der Waals surface area contributed by atoms with Crippen molar-refractivity contribution in [3.05, 3.63) is 117 Å². The maximum Gasteiger partial charge on any atom is 0.416 e. The number of aryl methyl sites for hydroxylation is 3. The number of methoxy groups -OCH3 is 1. The van der Waals surface area contributed by atoms with E-state index in [2.05, 4.69) is 15.0 Å². The van der Waals surface area contributed by atoms with E-state index < -0.39 is 17.3 Å². The summed E-state index contributed by atoms with van der Waals surface area (Å²) in [4.78, 5) is 13.6. The lowest BCUT2D eigenvalue weighted by Crippen LogP contribution is -2.32. The first-order chi connectivity index (χ1) is 19.3. The van der Waals surface area contributed by atoms with Crippen molar-refractivity contribution in [1.82, 2.24) is 19.5 Å². The van der Waals surface area contributed by atoms with E-state index in [9.17, 15) is 18.3 Å². The molecule has 0 fully saturated rings. The van der Waals surface area contributed by atoms with Gasteiger partial charge in [0.05, 0.1) is 35.1 Å². The monoisotopic (exact) mass is 580 g/mol. The molecule has 3 aromatic heterocycles. The largest absolute Gasteiger partial charge is 0.481 e. The van der Waals surface area contributed by atoms with Crippen LogP contribution in [0.15, 0.2) is 60.8 Å². The third-order valence-corrected chi connectivity index (χ3v) is 7.89. The van der Waals surface area contributed by atoms with Crippen molar-refractivity contribution in [3.63, 3.8) is 0 Å². The van der Waals surface area contributed by atoms with E-state index in [1.807, 2.05) is 44.5 Å². The predicted octanol–water partition coefficient (Wildman–Crippen LogP) is 6.84. The van der Waals surface area contributed by atoms with E-state index in [0.717, 1.165) is 23.7 Å². The van der Waals surface area contributed by atoms with Gasteiger partial charge in [0, 0.05) is 41.4 Å². The van der Waals surface area contributed by atoms with Crippen LogP contribution in [0.25, 0.3) is 10.9 Å². The first kappa shape index (κ1) is 28.6. The first-order valence-electron chi connectivity index (χ1n) is 12.8. The average molecular weight is 581 g/mol. The molecule has 10 heteroatoms. The second kappa shape index (κ2) is 10.5. The maximum atomic E-state index is 13.1. The number of hydrogen-bond acceptors (Lipinski definition) is 5. The summed E-state index contributed by atoms with van der Waals surface area (Å²) >= 11 is 6.97. The van der Waals surface area contributed by atoms with Gasteiger partial charge in [-0.15, -0.1) is 0 Å². The summed E-state index contributed by atoms with van der Waals surface area (Å²) in [7, 11) is 3.30. The van der Waals surface area contributed by atoms with Crippen molar-refractivity contribution < 1.29 is 23.0 Å². The Bertz CT molecular complexity index is 1770. The number of hydrogen-bond donors (Lipinski definition) is 1. The topological polar surface area (TPSA) is 73.1 Å². The highest BCUT2D eigenvalue weighted by molar-refractivity contribution is 6.36. The van der Waals surface area contributed by atoms with Crippen LogP contribution < -0.4 is 4.74 Å². The van der Waals surface area contributed by atoms with Crippen molar-refractivity contribution in [1.29, 1.82) is 0 Å². The molecule has 5 rings (SSSR count). The molecule has 3 heterocycles. The fourth-order valence-corrected chi connectivity index (χ4v) is 5.45. The molecule has 0 aliphatic carbocycles. The minimum Gasteiger partial charge on any atom is -0.481 e. The third-order valence-electron chi connectivity index (χ3n) is 7.46. The number of aromatic nitrogens is 4. The van der Waals surface area contributed by atoms with Crippen LogP contribution in [0.4, 0.5) is 13.2 Å². The van der Waals surface area contributed by atoms with Gasteiger partial charge in [-0.3, -0.25) is 4.98 Å². The second-order valence-corrected chi connectivity index (χ2v) is 10.4. The summed E-state index contributed by atoms with van der Waals surface area (Å²) in [5.41, 5.74) is 2.45. The molecule has 0 amide bonds. The van der Waals surface area contributed by atoms with Gasteiger partial charge in [-0.1, -0.05) is 35.9 Å². The van der Waals surface area contributed by atoms with Crippen molar-refractivity contribution in [2.24, 2.45) is 7.05 Å². The van der Waals surface area contributed by atoms with Crippen molar-refractivity contribution in [2.75, 3.05) is 7.11 Å². The molecule has 1 unspecified atom stereocenters. The van der Waals surface area contributed by atoms with Gasteiger partial charge in [0.25, 0.3) is 0 Å². The molecule has 0 saturated carbocycles. The molecule has 41 heavy (non-hydrogen) atoms. The number of halogens is 4. The number of nitrogens with zero attached hydrogens (tertiary/aromatic N) is 4. The summed E-state index contributed by atoms with van der Waals surface area (Å²) in [6.07, 6.45) is -2.59. The lowest BCUT2D eigenvalue weighted by molar-refractivity contribution is -0.137. The average Bonchev–Trinajstić information content (AvgIpc) is 3.27. The molecule has 0 saturated heterocycles. The predicted molar refractivity (Wildman–Crippen MR) is 151 cm³/mol. The number of imidazole rings is 1. The fraction of sp³-hybridized carbons (Fsp3) is 0.258. The normalized spacial score (nSPS) is 13.4. The first-order valence-corrected chi connectivity index (χ1v) is 13.2. The van der Waals surface area contributed by atoms with Gasteiger partial charge in [-0.25, -0.2) is 9.97 Å². The molecule has 0 radical (unpaired) electrons. The Kier molecular flexibility index (Phi) is 7.29. The molecule has 0 aliphatic rings. The van der Waals surface area contributed by atoms with E-state index in [-0.39, 0.29) is 12.3 Å². The molecule has 212 valence electrons. The number of benzene rings is 2. The molecular formula is C31H28ClF3N4O2. The highest BCUT2D eigenvalue weighted by Crippen LogP contribution is 2.41. The second-order valence-electron chi connectivity index (χ2n) is 10.1. The Hall–Kier alpha value is -3.95. The van der Waals surface area contributed by atoms with Crippen molar-refractivity contribution >= 4 is 22.5 Å². The number of rotatable bonds is 6. The van der Waals surface area contributed by atoms with Crippen LogP contribution >= 0.6 is 11.6 Å². The molecule has 2 aromatic carbocycles. The van der Waals surface area contributed by atoms with Gasteiger partial charge < -0.3 is 14.4 Å². The number of ether oxygens (including phenoxy) is 1. The molecule has 6 nitrogen and oxygen atoms in total. The molecule has 5 aromatic rings. The fourth-order valence-electron chi connectivity index (χ4n) is 5.15. The molecule has 1 atom stereocenters. The highest BCUT2D eigenvalue weighted by Gasteiger charge is 2.39. The minimum atomic E-state index is -4.43. The molecular weight excluding hydrogens is 553 g/mol. The van der Waals surface area contributed by atoms with Crippen LogP contribution in [0.5, 0.6) is 5.88 Å². The Morgan fingerprint density at radius 2 is 1.63 bits per heavy atom. The summed E-state index contributed by atoms with van der Waals surface area (Å²) in [5, 5.41) is 13.4. The molecule has 0 spiro atoms. The van der Waals surface area contributed by atoms with Crippen molar-refractivity contribution in [2.45, 2.75) is 39.0 Å². The molecule has 0 aliphatic heterocycles. The van der Waals surface area contributed by atoms with E-state index in [1.54, 1.807) is 24.4 Å². The van der Waals surface area contributed by atoms with Gasteiger partial charge in [0.2, 0.25) is 5.88 Å². The smallest absolute Gasteiger partial charge is 0.416 e. The van der Waals surface area contributed by atoms with Crippen LogP contribution in [0, 0.1) is 20.8 Å². The van der Waals surface area contributed by atoms with Crippen LogP contribution in [-0.4, -0.2) is 31.7 Å². The maximum absolute atomic E-state index is 13.1. The number of alkyl halides is 3. The van der Waals surface area contributed by atoms with E-state index in [1.165, 1.54) is 19.2 Å². The number of pyridine rings is 2. The van der Waals surface area contributed by atoms with Crippen LogP contribution in [0.3, 0.4) is 0 Å². The molecule has 1 N–H and O–H groups in total. The van der Waals surface area contributed by atoms with Crippen molar-refractivity contribution in [3.8, 4) is 5.88 Å². The van der Waals surface area contributed by atoms with Gasteiger partial charge >= 0.3 is 6.18 Å². The summed E-state index contributed by atoms with van der Waals surface area (Å²) < 4.78 is 46.6. The minimum absolute atomic E-state index is 0.194. The summed E-state index contributed by atoms with van der Waals surface area (Å²) in [6, 6.07) is 13.9. The zero-order chi connectivity index (χ0) is 29.7.